The second-order valence-electron chi connectivity index (χ2n) is 13.4. The molecule has 1 aromatic carbocycles. The molecule has 0 bridgehead atoms. The number of aromatic nitrogens is 1. The van der Waals surface area contributed by atoms with Gasteiger partial charge in [-0.3, -0.25) is 24.2 Å². The molecule has 1 aromatic heterocycles. The highest BCUT2D eigenvalue weighted by Gasteiger charge is 2.65. The maximum atomic E-state index is 15.5. The zero-order chi connectivity index (χ0) is 34.6. The molecule has 260 valence electrons. The maximum absolute atomic E-state index is 15.5. The van der Waals surface area contributed by atoms with E-state index in [1.54, 1.807) is 24.8 Å². The van der Waals surface area contributed by atoms with Crippen LogP contribution in [0, 0.1) is 24.1 Å². The van der Waals surface area contributed by atoms with Crippen molar-refractivity contribution in [2.75, 3.05) is 38.5 Å². The van der Waals surface area contributed by atoms with E-state index < -0.39 is 46.6 Å². The first kappa shape index (κ1) is 35.3. The summed E-state index contributed by atoms with van der Waals surface area (Å²) in [6.45, 7) is 5.81. The molecule has 1 aliphatic heterocycles. The van der Waals surface area contributed by atoms with E-state index in [1.807, 2.05) is 7.05 Å². The molecule has 2 aliphatic carbocycles. The quantitative estimate of drug-likeness (QED) is 0.333. The number of carbonyl (C=O) groups is 4. The first-order valence-electron chi connectivity index (χ1n) is 16.8. The van der Waals surface area contributed by atoms with E-state index in [9.17, 15) is 19.2 Å². The van der Waals surface area contributed by atoms with Crippen molar-refractivity contribution in [2.24, 2.45) is 11.3 Å². The van der Waals surface area contributed by atoms with Crippen LogP contribution in [0.4, 0.5) is 18.9 Å². The largest absolute Gasteiger partial charge is 0.351 e. The molecule has 0 spiro atoms. The Labute approximate surface area is 279 Å². The topological polar surface area (TPSA) is 124 Å². The van der Waals surface area contributed by atoms with Crippen molar-refractivity contribution in [2.45, 2.75) is 83.2 Å². The number of nitrogens with one attached hydrogen (secondary N) is 3. The van der Waals surface area contributed by atoms with E-state index in [0.29, 0.717) is 50.3 Å². The predicted molar refractivity (Wildman–Crippen MR) is 173 cm³/mol. The Kier molecular flexibility index (Phi) is 10.8. The Bertz CT molecular complexity index is 1510. The third-order valence-corrected chi connectivity index (χ3v) is 10.1. The first-order chi connectivity index (χ1) is 22.8. The lowest BCUT2D eigenvalue weighted by Crippen LogP contribution is -2.54. The molecule has 4 amide bonds. The number of hydrogen-bond acceptors (Lipinski definition) is 6. The highest BCUT2D eigenvalue weighted by atomic mass is 19.3. The molecule has 3 atom stereocenters. The van der Waals surface area contributed by atoms with E-state index in [0.717, 1.165) is 31.5 Å². The summed E-state index contributed by atoms with van der Waals surface area (Å²) in [4.78, 5) is 60.0. The fourth-order valence-corrected chi connectivity index (χ4v) is 7.00. The number of pyridine rings is 1. The summed E-state index contributed by atoms with van der Waals surface area (Å²) in [6.07, 6.45) is 5.54. The molecule has 3 aliphatic rings. The maximum Gasteiger partial charge on any atom is 0.351 e. The van der Waals surface area contributed by atoms with Crippen molar-refractivity contribution < 1.29 is 32.3 Å². The van der Waals surface area contributed by atoms with E-state index in [-0.39, 0.29) is 42.7 Å². The van der Waals surface area contributed by atoms with E-state index in [1.165, 1.54) is 18.2 Å². The van der Waals surface area contributed by atoms with E-state index >= 15 is 13.2 Å². The number of halogens is 3. The Morgan fingerprint density at radius 2 is 1.75 bits per heavy atom. The molecule has 2 saturated carbocycles. The standard InChI is InChI=1S/C35H45F3N6O4/c1-4-30(45)40-28(31(46)44-16-14-43(3)15-17-44)19-23-11-13-27(26(36)18-23)41-32(47)34(24-8-6-5-7-9-24)20-29(34)42-33(48)35(37,38)25-12-10-22(2)39-21-25/h10-13,18,21,24,28-29H,4-9,14-17,19-20H2,1-3H3,(H,40,45)(H,41,47)(H,42,48)/t28-,29?,34+/m1/s1. The Balaban J connectivity index is 1.29. The molecule has 1 unspecified atom stereocenters. The SMILES string of the molecule is CCC(=O)N[C@H](Cc1ccc(NC(=O)[C@]2(C3CCCCC3)CC2NC(=O)C(F)(F)c2ccc(C)nc2)c(F)c1)C(=O)N1CCN(C)CC1. The van der Waals surface area contributed by atoms with Gasteiger partial charge in [0.1, 0.15) is 11.9 Å². The number of hydrogen-bond donors (Lipinski definition) is 3. The van der Waals surface area contributed by atoms with Gasteiger partial charge < -0.3 is 25.8 Å². The molecule has 3 N–H and O–H groups in total. The predicted octanol–water partition coefficient (Wildman–Crippen LogP) is 3.93. The zero-order valence-corrected chi connectivity index (χ0v) is 27.8. The zero-order valence-electron chi connectivity index (χ0n) is 27.8. The van der Waals surface area contributed by atoms with Crippen LogP contribution in [0.2, 0.25) is 0 Å². The van der Waals surface area contributed by atoms with Crippen molar-refractivity contribution >= 4 is 29.3 Å². The fraction of sp³-hybridized carbons (Fsp3) is 0.571. The smallest absolute Gasteiger partial charge is 0.347 e. The summed E-state index contributed by atoms with van der Waals surface area (Å²) >= 11 is 0. The molecule has 0 radical (unpaired) electrons. The summed E-state index contributed by atoms with van der Waals surface area (Å²) in [5.74, 6) is -7.29. The Morgan fingerprint density at radius 3 is 2.38 bits per heavy atom. The van der Waals surface area contributed by atoms with Crippen LogP contribution in [-0.2, 0) is 31.5 Å². The van der Waals surface area contributed by atoms with Crippen LogP contribution in [0.15, 0.2) is 36.5 Å². The fourth-order valence-electron chi connectivity index (χ4n) is 7.00. The molecule has 10 nitrogen and oxygen atoms in total. The third-order valence-electron chi connectivity index (χ3n) is 10.1. The average molecular weight is 671 g/mol. The van der Waals surface area contributed by atoms with Gasteiger partial charge >= 0.3 is 5.92 Å². The minimum atomic E-state index is -3.85. The number of piperazine rings is 1. The van der Waals surface area contributed by atoms with Gasteiger partial charge in [0, 0.05) is 62.5 Å². The molecule has 2 heterocycles. The Hall–Kier alpha value is -4.00. The van der Waals surface area contributed by atoms with Crippen LogP contribution in [0.25, 0.3) is 0 Å². The van der Waals surface area contributed by atoms with Crippen LogP contribution in [0.1, 0.15) is 68.7 Å². The molecule has 3 fully saturated rings. The number of benzene rings is 1. The lowest BCUT2D eigenvalue weighted by molar-refractivity contribution is -0.147. The lowest BCUT2D eigenvalue weighted by Gasteiger charge is -2.34. The van der Waals surface area contributed by atoms with Gasteiger partial charge in [-0.1, -0.05) is 32.3 Å². The van der Waals surface area contributed by atoms with E-state index in [2.05, 4.69) is 25.8 Å². The molecular weight excluding hydrogens is 625 g/mol. The van der Waals surface area contributed by atoms with Crippen molar-refractivity contribution in [3.05, 3.63) is 59.2 Å². The van der Waals surface area contributed by atoms with Gasteiger partial charge in [-0.25, -0.2) is 4.39 Å². The first-order valence-corrected chi connectivity index (χ1v) is 16.8. The molecule has 13 heteroatoms. The van der Waals surface area contributed by atoms with Gasteiger partial charge in [-0.2, -0.15) is 8.78 Å². The summed E-state index contributed by atoms with van der Waals surface area (Å²) in [5.41, 5.74) is -0.782. The van der Waals surface area contributed by atoms with Crippen LogP contribution >= 0.6 is 0 Å². The molecule has 1 saturated heterocycles. The average Bonchev–Trinajstić information content (AvgIpc) is 3.81. The van der Waals surface area contributed by atoms with Gasteiger partial charge in [-0.15, -0.1) is 0 Å². The van der Waals surface area contributed by atoms with Crippen LogP contribution in [0.5, 0.6) is 0 Å². The number of aryl methyl sites for hydroxylation is 1. The van der Waals surface area contributed by atoms with Gasteiger partial charge in [0.25, 0.3) is 5.91 Å². The summed E-state index contributed by atoms with van der Waals surface area (Å²) < 4.78 is 45.7. The highest BCUT2D eigenvalue weighted by Crippen LogP contribution is 2.57. The number of nitrogens with zero attached hydrogens (tertiary/aromatic N) is 3. The van der Waals surface area contributed by atoms with Gasteiger partial charge in [0.05, 0.1) is 11.1 Å². The van der Waals surface area contributed by atoms with E-state index in [4.69, 9.17) is 0 Å². The third kappa shape index (κ3) is 7.66. The minimum absolute atomic E-state index is 0.0624. The highest BCUT2D eigenvalue weighted by molar-refractivity contribution is 5.99. The summed E-state index contributed by atoms with van der Waals surface area (Å²) in [7, 11) is 1.97. The van der Waals surface area contributed by atoms with Crippen molar-refractivity contribution in [1.29, 1.82) is 0 Å². The lowest BCUT2D eigenvalue weighted by atomic mass is 9.76. The van der Waals surface area contributed by atoms with Gasteiger partial charge in [0.2, 0.25) is 17.7 Å². The molecule has 2 aromatic rings. The van der Waals surface area contributed by atoms with Gasteiger partial charge in [0.15, 0.2) is 0 Å². The van der Waals surface area contributed by atoms with Crippen molar-refractivity contribution in [1.82, 2.24) is 25.4 Å². The number of rotatable bonds is 11. The molecule has 5 rings (SSSR count). The Morgan fingerprint density at radius 1 is 1.04 bits per heavy atom. The number of carbonyl (C=O) groups excluding carboxylic acids is 4. The number of amides is 4. The number of anilines is 1. The second kappa shape index (κ2) is 14.6. The minimum Gasteiger partial charge on any atom is -0.347 e. The molecule has 48 heavy (non-hydrogen) atoms. The van der Waals surface area contributed by atoms with Crippen LogP contribution in [-0.4, -0.2) is 83.7 Å². The van der Waals surface area contributed by atoms with Crippen molar-refractivity contribution in [3.8, 4) is 0 Å². The number of likely N-dealkylation sites (N-methyl/N-ethyl adjacent to an activating group) is 1. The van der Waals surface area contributed by atoms with Crippen molar-refractivity contribution in [3.63, 3.8) is 0 Å². The van der Waals surface area contributed by atoms with Crippen LogP contribution < -0.4 is 16.0 Å². The second-order valence-corrected chi connectivity index (χ2v) is 13.4. The van der Waals surface area contributed by atoms with Crippen LogP contribution in [0.3, 0.4) is 0 Å². The number of alkyl halides is 2. The normalized spacial score (nSPS) is 22.5. The van der Waals surface area contributed by atoms with Gasteiger partial charge in [-0.05, 0) is 69.0 Å². The monoisotopic (exact) mass is 670 g/mol. The molecular formula is C35H45F3N6O4. The summed E-state index contributed by atoms with van der Waals surface area (Å²) in [6, 6.07) is 5.09. The summed E-state index contributed by atoms with van der Waals surface area (Å²) in [5, 5.41) is 7.87.